The fourth-order valence-electron chi connectivity index (χ4n) is 2.00. The van der Waals surface area contributed by atoms with Gasteiger partial charge in [-0.05, 0) is 48.2 Å². The van der Waals surface area contributed by atoms with Gasteiger partial charge in [0.1, 0.15) is 0 Å². The Kier molecular flexibility index (Phi) is 3.52. The summed E-state index contributed by atoms with van der Waals surface area (Å²) >= 11 is 0. The van der Waals surface area contributed by atoms with Crippen LogP contribution in [0.4, 0.5) is 0 Å². The predicted octanol–water partition coefficient (Wildman–Crippen LogP) is 3.55. The van der Waals surface area contributed by atoms with Gasteiger partial charge in [0.05, 0.1) is 0 Å². The van der Waals surface area contributed by atoms with Gasteiger partial charge in [-0.1, -0.05) is 36.1 Å². The summed E-state index contributed by atoms with van der Waals surface area (Å²) in [6.07, 6.45) is 11.7. The van der Waals surface area contributed by atoms with Crippen molar-refractivity contribution in [1.29, 1.82) is 0 Å². The largest absolute Gasteiger partial charge is 0.115 e. The molecule has 2 rings (SSSR count). The summed E-state index contributed by atoms with van der Waals surface area (Å²) in [7, 11) is 0. The van der Waals surface area contributed by atoms with E-state index in [9.17, 15) is 0 Å². The fourth-order valence-corrected chi connectivity index (χ4v) is 2.00. The molecule has 0 aliphatic rings. The van der Waals surface area contributed by atoms with Gasteiger partial charge >= 0.3 is 0 Å². The smallest absolute Gasteiger partial charge is 0.0280 e. The molecule has 0 bridgehead atoms. The number of hydrogen-bond acceptors (Lipinski definition) is 0. The molecule has 0 unspecified atom stereocenters. The zero-order valence-electron chi connectivity index (χ0n) is 10.4. The molecule has 0 aromatic heterocycles. The van der Waals surface area contributed by atoms with Gasteiger partial charge < -0.3 is 0 Å². The van der Waals surface area contributed by atoms with E-state index < -0.39 is 0 Å². The average Bonchev–Trinajstić information content (AvgIpc) is 2.42. The molecule has 0 atom stereocenters. The molecule has 0 N–H and O–H groups in total. The number of benzene rings is 2. The van der Waals surface area contributed by atoms with Gasteiger partial charge in [0.25, 0.3) is 0 Å². The van der Waals surface area contributed by atoms with Crippen molar-refractivity contribution in [2.75, 3.05) is 0 Å². The second-order valence-electron chi connectivity index (χ2n) is 4.26. The Morgan fingerprint density at radius 2 is 1.67 bits per heavy atom. The Hall–Kier alpha value is -2.44. The standard InChI is InChI=1S/C18H14/c1-4-15-9-11-16(12-10-15)13-18-14(3)7-6-8-17(18)5-2/h1-2,6-12H,13H2,3H3. The lowest BCUT2D eigenvalue weighted by atomic mass is 9.95. The van der Waals surface area contributed by atoms with Crippen LogP contribution in [0.15, 0.2) is 42.5 Å². The Morgan fingerprint density at radius 3 is 2.28 bits per heavy atom. The molecule has 0 aliphatic heterocycles. The second-order valence-corrected chi connectivity index (χ2v) is 4.26. The van der Waals surface area contributed by atoms with Crippen molar-refractivity contribution in [3.8, 4) is 24.7 Å². The van der Waals surface area contributed by atoms with Gasteiger partial charge in [0, 0.05) is 11.1 Å². The molecule has 86 valence electrons. The zero-order valence-corrected chi connectivity index (χ0v) is 10.4. The maximum Gasteiger partial charge on any atom is 0.0280 e. The molecular formula is C18H14. The Balaban J connectivity index is 2.34. The molecule has 0 saturated heterocycles. The van der Waals surface area contributed by atoms with Crippen LogP contribution in [0.2, 0.25) is 0 Å². The molecule has 0 aliphatic carbocycles. The van der Waals surface area contributed by atoms with E-state index >= 15 is 0 Å². The van der Waals surface area contributed by atoms with E-state index in [2.05, 4.69) is 37.0 Å². The van der Waals surface area contributed by atoms with E-state index in [1.165, 1.54) is 16.7 Å². The molecule has 0 fully saturated rings. The first kappa shape index (κ1) is 12.0. The van der Waals surface area contributed by atoms with E-state index in [-0.39, 0.29) is 0 Å². The van der Waals surface area contributed by atoms with E-state index in [0.29, 0.717) is 0 Å². The highest BCUT2D eigenvalue weighted by molar-refractivity contribution is 5.47. The summed E-state index contributed by atoms with van der Waals surface area (Å²) in [5, 5.41) is 0. The first-order valence-electron chi connectivity index (χ1n) is 5.85. The van der Waals surface area contributed by atoms with Gasteiger partial charge in [0.2, 0.25) is 0 Å². The maximum atomic E-state index is 5.54. The average molecular weight is 230 g/mol. The van der Waals surface area contributed by atoms with Crippen molar-refractivity contribution in [1.82, 2.24) is 0 Å². The first-order chi connectivity index (χ1) is 8.74. The zero-order chi connectivity index (χ0) is 13.0. The minimum Gasteiger partial charge on any atom is -0.115 e. The number of aryl methyl sites for hydroxylation is 1. The van der Waals surface area contributed by atoms with Crippen LogP contribution in [0.3, 0.4) is 0 Å². The van der Waals surface area contributed by atoms with Crippen molar-refractivity contribution in [3.63, 3.8) is 0 Å². The van der Waals surface area contributed by atoms with Crippen molar-refractivity contribution in [3.05, 3.63) is 70.3 Å². The van der Waals surface area contributed by atoms with Crippen LogP contribution < -0.4 is 0 Å². The molecular weight excluding hydrogens is 216 g/mol. The van der Waals surface area contributed by atoms with Crippen molar-refractivity contribution < 1.29 is 0 Å². The molecule has 0 nitrogen and oxygen atoms in total. The highest BCUT2D eigenvalue weighted by Crippen LogP contribution is 2.18. The van der Waals surface area contributed by atoms with E-state index in [4.69, 9.17) is 12.8 Å². The summed E-state index contributed by atoms with van der Waals surface area (Å²) < 4.78 is 0. The van der Waals surface area contributed by atoms with E-state index in [1.807, 2.05) is 24.3 Å². The predicted molar refractivity (Wildman–Crippen MR) is 76.3 cm³/mol. The highest BCUT2D eigenvalue weighted by atomic mass is 14.1. The van der Waals surface area contributed by atoms with Gasteiger partial charge in [-0.3, -0.25) is 0 Å². The third-order valence-electron chi connectivity index (χ3n) is 3.07. The molecule has 0 heteroatoms. The van der Waals surface area contributed by atoms with Gasteiger partial charge in [0.15, 0.2) is 0 Å². The minimum atomic E-state index is 0.844. The molecule has 18 heavy (non-hydrogen) atoms. The van der Waals surface area contributed by atoms with Crippen LogP contribution in [0.25, 0.3) is 0 Å². The third kappa shape index (κ3) is 2.45. The van der Waals surface area contributed by atoms with Crippen LogP contribution >= 0.6 is 0 Å². The first-order valence-corrected chi connectivity index (χ1v) is 5.85. The maximum absolute atomic E-state index is 5.54. The summed E-state index contributed by atoms with van der Waals surface area (Å²) in [6, 6.07) is 14.1. The Bertz CT molecular complexity index is 631. The molecule has 0 heterocycles. The second kappa shape index (κ2) is 5.26. The molecule has 2 aromatic carbocycles. The Labute approximate surface area is 109 Å². The lowest BCUT2D eigenvalue weighted by Crippen LogP contribution is -1.96. The summed E-state index contributed by atoms with van der Waals surface area (Å²) in [5.74, 6) is 5.37. The van der Waals surface area contributed by atoms with Crippen molar-refractivity contribution >= 4 is 0 Å². The lowest BCUT2D eigenvalue weighted by molar-refractivity contribution is 1.15. The molecule has 0 saturated carbocycles. The molecule has 0 amide bonds. The number of rotatable bonds is 2. The van der Waals surface area contributed by atoms with Crippen LogP contribution in [0, 0.1) is 31.6 Å². The van der Waals surface area contributed by atoms with Crippen LogP contribution in [-0.4, -0.2) is 0 Å². The van der Waals surface area contributed by atoms with Crippen LogP contribution in [0.1, 0.15) is 27.8 Å². The van der Waals surface area contributed by atoms with Crippen molar-refractivity contribution in [2.45, 2.75) is 13.3 Å². The molecule has 0 spiro atoms. The van der Waals surface area contributed by atoms with E-state index in [0.717, 1.165) is 17.5 Å². The number of hydrogen-bond donors (Lipinski definition) is 0. The normalized spacial score (nSPS) is 9.50. The van der Waals surface area contributed by atoms with Crippen LogP contribution in [-0.2, 0) is 6.42 Å². The summed E-state index contributed by atoms with van der Waals surface area (Å²) in [6.45, 7) is 2.09. The van der Waals surface area contributed by atoms with Crippen LogP contribution in [0.5, 0.6) is 0 Å². The summed E-state index contributed by atoms with van der Waals surface area (Å²) in [4.78, 5) is 0. The fraction of sp³-hybridized carbons (Fsp3) is 0.111. The summed E-state index contributed by atoms with van der Waals surface area (Å²) in [5.41, 5.74) is 5.54. The topological polar surface area (TPSA) is 0 Å². The highest BCUT2D eigenvalue weighted by Gasteiger charge is 2.04. The van der Waals surface area contributed by atoms with Gasteiger partial charge in [-0.25, -0.2) is 0 Å². The molecule has 0 radical (unpaired) electrons. The quantitative estimate of drug-likeness (QED) is 0.692. The third-order valence-corrected chi connectivity index (χ3v) is 3.07. The van der Waals surface area contributed by atoms with E-state index in [1.54, 1.807) is 0 Å². The lowest BCUT2D eigenvalue weighted by Gasteiger charge is -2.09. The molecule has 2 aromatic rings. The minimum absolute atomic E-state index is 0.844. The van der Waals surface area contributed by atoms with Gasteiger partial charge in [-0.2, -0.15) is 0 Å². The van der Waals surface area contributed by atoms with Gasteiger partial charge in [-0.15, -0.1) is 12.8 Å². The SMILES string of the molecule is C#Cc1ccc(Cc2c(C)cccc2C#C)cc1. The van der Waals surface area contributed by atoms with Crippen molar-refractivity contribution in [2.24, 2.45) is 0 Å². The number of terminal acetylenes is 2. The Morgan fingerprint density at radius 1 is 0.944 bits per heavy atom. The monoisotopic (exact) mass is 230 g/mol.